The molecule has 0 unspecified atom stereocenters. The Hall–Kier alpha value is -7.54. The molecule has 0 bridgehead atoms. The monoisotopic (exact) mass is 1110 g/mol. The maximum Gasteiger partial charge on any atom is 0.326 e. The second-order valence-corrected chi connectivity index (χ2v) is 19.1. The maximum absolute atomic E-state index is 14.0. The van der Waals surface area contributed by atoms with E-state index in [4.69, 9.17) is 22.9 Å². The number of aliphatic carboxylic acids is 2. The molecule has 0 saturated carbocycles. The Morgan fingerprint density at radius 3 is 1.67 bits per heavy atom. The molecule has 1 aromatic carbocycles. The first-order valence-electron chi connectivity index (χ1n) is 25.4. The number of likely N-dealkylation sites (tertiary alicyclic amines) is 1. The third-order valence-electron chi connectivity index (χ3n) is 12.3. The lowest BCUT2D eigenvalue weighted by Crippen LogP contribution is -2.61. The highest BCUT2D eigenvalue weighted by atomic mass is 16.4. The number of benzene rings is 1. The molecule has 1 fully saturated rings. The van der Waals surface area contributed by atoms with E-state index in [-0.39, 0.29) is 56.6 Å². The summed E-state index contributed by atoms with van der Waals surface area (Å²) < 4.78 is 0. The van der Waals surface area contributed by atoms with E-state index in [2.05, 4.69) is 42.5 Å². The van der Waals surface area contributed by atoms with Gasteiger partial charge in [0.25, 0.3) is 0 Å². The van der Waals surface area contributed by atoms with Gasteiger partial charge >= 0.3 is 11.9 Å². The fourth-order valence-electron chi connectivity index (χ4n) is 7.95. The second-order valence-electron chi connectivity index (χ2n) is 19.1. The lowest BCUT2D eigenvalue weighted by molar-refractivity contribution is -0.149. The van der Waals surface area contributed by atoms with Gasteiger partial charge in [0, 0.05) is 13.0 Å². The van der Waals surface area contributed by atoms with E-state index in [1.54, 1.807) is 13.8 Å². The largest absolute Gasteiger partial charge is 0.508 e. The smallest absolute Gasteiger partial charge is 0.326 e. The quantitative estimate of drug-likeness (QED) is 0.0281. The summed E-state index contributed by atoms with van der Waals surface area (Å²) in [5.74, 6) is -14.1. The Balaban J connectivity index is 2.38. The van der Waals surface area contributed by atoms with Gasteiger partial charge in [-0.1, -0.05) is 26.0 Å². The van der Waals surface area contributed by atoms with Crippen molar-refractivity contribution in [3.63, 3.8) is 0 Å². The molecule has 1 heterocycles. The highest BCUT2D eigenvalue weighted by Crippen LogP contribution is 2.20. The number of carboxylic acids is 2. The summed E-state index contributed by atoms with van der Waals surface area (Å²) in [6.07, 6.45) is -1.56. The molecule has 21 N–H and O–H groups in total. The Morgan fingerprint density at radius 1 is 0.641 bits per heavy atom. The lowest BCUT2D eigenvalue weighted by atomic mass is 10.00. The van der Waals surface area contributed by atoms with Crippen molar-refractivity contribution in [3.8, 4) is 5.75 Å². The number of nitrogens with two attached hydrogens (primary N) is 4. The number of phenolic OH excluding ortho intramolecular Hbond substituents is 1. The zero-order valence-electron chi connectivity index (χ0n) is 43.9. The molecule has 1 aromatic rings. The van der Waals surface area contributed by atoms with Gasteiger partial charge in [0.15, 0.2) is 0 Å². The predicted molar refractivity (Wildman–Crippen MR) is 274 cm³/mol. The first kappa shape index (κ1) is 66.6. The SMILES string of the molecule is CC(C)[C@H](NC(=O)[C@H](CCCCN)NC(=O)[C@H](CO)NC(=O)[C@H](CC(=O)O)NC(=O)[C@H](Cc1ccc(O)cc1)NC(=O)[C@H](CC(N)=O)NC(=O)CNC(=O)[C@@H](N)[C@@H](C)O)C(=O)N[C@@H](CCCCN)C(=O)N1CCC[C@H]1C(=O)O. The van der Waals surface area contributed by atoms with E-state index in [0.717, 1.165) is 0 Å². The number of amides is 10. The minimum Gasteiger partial charge on any atom is -0.508 e. The number of unbranched alkanes of at least 4 members (excludes halogenated alkanes) is 2. The molecule has 78 heavy (non-hydrogen) atoms. The molecule has 1 aliphatic rings. The molecular weight excluding hydrogens is 1030 g/mol. The van der Waals surface area contributed by atoms with Gasteiger partial charge in [0.1, 0.15) is 60.1 Å². The van der Waals surface area contributed by atoms with E-state index in [9.17, 15) is 83.1 Å². The van der Waals surface area contributed by atoms with E-state index in [0.29, 0.717) is 25.7 Å². The number of nitrogens with zero attached hydrogens (tertiary/aromatic N) is 1. The number of aliphatic hydroxyl groups excluding tert-OH is 2. The third kappa shape index (κ3) is 22.6. The number of hydrogen-bond acceptors (Lipinski definition) is 18. The summed E-state index contributed by atoms with van der Waals surface area (Å²) in [6, 6.07) is -8.83. The van der Waals surface area contributed by atoms with Gasteiger partial charge in [-0.3, -0.25) is 52.7 Å². The molecule has 0 spiro atoms. The Labute approximate surface area is 449 Å². The zero-order valence-corrected chi connectivity index (χ0v) is 43.9. The molecule has 0 radical (unpaired) electrons. The van der Waals surface area contributed by atoms with Crippen molar-refractivity contribution >= 4 is 71.0 Å². The topological polar surface area (TPSA) is 510 Å². The van der Waals surface area contributed by atoms with Crippen LogP contribution in [0.1, 0.15) is 90.5 Å². The number of primary amides is 1. The minimum absolute atomic E-state index is 0.0932. The highest BCUT2D eigenvalue weighted by Gasteiger charge is 2.40. The van der Waals surface area contributed by atoms with Crippen LogP contribution in [0.4, 0.5) is 0 Å². The van der Waals surface area contributed by atoms with Crippen LogP contribution in [0.3, 0.4) is 0 Å². The van der Waals surface area contributed by atoms with Crippen LogP contribution in [0.25, 0.3) is 0 Å². The Kier molecular flexibility index (Phi) is 28.7. The highest BCUT2D eigenvalue weighted by molar-refractivity contribution is 5.99. The van der Waals surface area contributed by atoms with Crippen LogP contribution in [0.2, 0.25) is 0 Å². The molecule has 10 atom stereocenters. The summed E-state index contributed by atoms with van der Waals surface area (Å²) in [4.78, 5) is 159. The van der Waals surface area contributed by atoms with Crippen molar-refractivity contribution in [1.29, 1.82) is 0 Å². The number of carbonyl (C=O) groups is 12. The number of carboxylic acid groups (broad SMARTS) is 2. The van der Waals surface area contributed by atoms with Crippen molar-refractivity contribution in [1.82, 2.24) is 47.4 Å². The summed E-state index contributed by atoms with van der Waals surface area (Å²) in [6.45, 7) is 3.08. The van der Waals surface area contributed by atoms with E-state index < -0.39 is 170 Å². The van der Waals surface area contributed by atoms with Crippen LogP contribution in [0.15, 0.2) is 24.3 Å². The first-order valence-corrected chi connectivity index (χ1v) is 25.4. The summed E-state index contributed by atoms with van der Waals surface area (Å²) in [7, 11) is 0. The molecule has 1 aliphatic heterocycles. The van der Waals surface area contributed by atoms with Crippen LogP contribution in [-0.4, -0.2) is 195 Å². The van der Waals surface area contributed by atoms with Gasteiger partial charge in [-0.05, 0) is 95.0 Å². The van der Waals surface area contributed by atoms with Crippen molar-refractivity contribution < 1.29 is 83.1 Å². The van der Waals surface area contributed by atoms with Crippen LogP contribution in [0, 0.1) is 5.92 Å². The molecule has 1 saturated heterocycles. The molecule has 2 rings (SSSR count). The van der Waals surface area contributed by atoms with Gasteiger partial charge < -0.3 is 95.9 Å². The molecule has 0 aliphatic carbocycles. The Morgan fingerprint density at radius 2 is 1.14 bits per heavy atom. The fraction of sp³-hybridized carbons (Fsp3) is 0.625. The normalized spacial score (nSPS) is 16.5. The zero-order chi connectivity index (χ0) is 58.8. The maximum atomic E-state index is 14.0. The molecular formula is C48H77N13O17. The molecule has 30 heteroatoms. The number of aliphatic hydroxyl groups is 2. The summed E-state index contributed by atoms with van der Waals surface area (Å²) >= 11 is 0. The summed E-state index contributed by atoms with van der Waals surface area (Å²) in [5, 5.41) is 67.9. The number of hydrogen-bond donors (Lipinski definition) is 17. The van der Waals surface area contributed by atoms with Crippen LogP contribution >= 0.6 is 0 Å². The van der Waals surface area contributed by atoms with Gasteiger partial charge in [0.05, 0.1) is 32.1 Å². The molecule has 10 amide bonds. The van der Waals surface area contributed by atoms with E-state index in [1.165, 1.54) is 36.1 Å². The molecule has 0 aromatic heterocycles. The second kappa shape index (κ2) is 33.6. The number of aromatic hydroxyl groups is 1. The average molecular weight is 1110 g/mol. The third-order valence-corrected chi connectivity index (χ3v) is 12.3. The summed E-state index contributed by atoms with van der Waals surface area (Å²) in [5.41, 5.74) is 22.5. The van der Waals surface area contributed by atoms with Crippen LogP contribution < -0.4 is 65.5 Å². The van der Waals surface area contributed by atoms with Gasteiger partial charge in [-0.2, -0.15) is 0 Å². The van der Waals surface area contributed by atoms with E-state index >= 15 is 0 Å². The van der Waals surface area contributed by atoms with Crippen LogP contribution in [-0.2, 0) is 64.0 Å². The van der Waals surface area contributed by atoms with Gasteiger partial charge in [-0.25, -0.2) is 4.79 Å². The predicted octanol–water partition coefficient (Wildman–Crippen LogP) is -6.52. The van der Waals surface area contributed by atoms with Gasteiger partial charge in [-0.15, -0.1) is 0 Å². The van der Waals surface area contributed by atoms with E-state index in [1.807, 2.05) is 0 Å². The number of nitrogens with one attached hydrogen (secondary N) is 8. The van der Waals surface area contributed by atoms with Gasteiger partial charge in [0.2, 0.25) is 59.1 Å². The molecule has 30 nitrogen and oxygen atoms in total. The fourth-order valence-corrected chi connectivity index (χ4v) is 7.95. The lowest BCUT2D eigenvalue weighted by Gasteiger charge is -2.30. The average Bonchev–Trinajstić information content (AvgIpc) is 3.89. The van der Waals surface area contributed by atoms with Crippen molar-refractivity contribution in [2.24, 2.45) is 28.9 Å². The first-order chi connectivity index (χ1) is 36.7. The number of rotatable bonds is 35. The van der Waals surface area contributed by atoms with Crippen molar-refractivity contribution in [2.45, 2.75) is 152 Å². The van der Waals surface area contributed by atoms with Crippen molar-refractivity contribution in [2.75, 3.05) is 32.8 Å². The number of carbonyl (C=O) groups excluding carboxylic acids is 10. The number of phenols is 1. The van der Waals surface area contributed by atoms with Crippen molar-refractivity contribution in [3.05, 3.63) is 29.8 Å². The standard InChI is InChI=1S/C48H77N13O17/c1-24(2)39(46(75)56-29(10-5-7-17-50)47(76)61-18-8-11-34(61)48(77)78)60-40(69)28(9-4-6-16-49)55-44(73)33(23-62)59-43(72)32(21-37(67)68)58-41(70)30(19-26-12-14-27(64)15-13-26)57-42(71)31(20-35(51)65)54-36(66)22-53-45(74)38(52)25(3)63/h12-15,24-25,28-34,38-39,62-64H,4-11,16-23,49-50,52H2,1-3H3,(H2,51,65)(H,53,74)(H,54,66)(H,55,73)(H,56,75)(H,57,71)(H,58,70)(H,59,72)(H,60,69)(H,67,68)(H,77,78)/t25-,28+,29+,30+,31+,32+,33+,34+,38+,39+/m1/s1. The minimum atomic E-state index is -2.05. The molecule has 436 valence electrons. The van der Waals surface area contributed by atoms with Crippen LogP contribution in [0.5, 0.6) is 5.75 Å². The Bertz CT molecular complexity index is 2250.